The summed E-state index contributed by atoms with van der Waals surface area (Å²) < 4.78 is 49.4. The lowest BCUT2D eigenvalue weighted by molar-refractivity contribution is 0.210. The molecule has 13 heteroatoms. The molecule has 4 aromatic rings. The molecule has 0 aliphatic heterocycles. The van der Waals surface area contributed by atoms with Crippen molar-refractivity contribution in [3.63, 3.8) is 0 Å². The highest BCUT2D eigenvalue weighted by Gasteiger charge is 2.21. The maximum absolute atomic E-state index is 13.5. The SMILES string of the molecule is CS(=O)(=O)CCCN(CCC(c1ccccc1)c1ccccc1)C(=O)Nc1nc(-c2ccc(NS(C)(=O)=O)cc2)c(Cl)s1. The molecular formula is C30H33ClN4O5S3. The Bertz CT molecular complexity index is 1690. The Morgan fingerprint density at radius 2 is 1.47 bits per heavy atom. The van der Waals surface area contributed by atoms with Crippen molar-refractivity contribution in [1.29, 1.82) is 0 Å². The molecule has 9 nitrogen and oxygen atoms in total. The second-order valence-electron chi connectivity index (χ2n) is 10.2. The fourth-order valence-electron chi connectivity index (χ4n) is 4.63. The third-order valence-electron chi connectivity index (χ3n) is 6.58. The van der Waals surface area contributed by atoms with Crippen molar-refractivity contribution in [3.8, 4) is 11.3 Å². The molecule has 0 unspecified atom stereocenters. The van der Waals surface area contributed by atoms with Crippen LogP contribution >= 0.6 is 22.9 Å². The van der Waals surface area contributed by atoms with Gasteiger partial charge in [0.05, 0.1) is 12.0 Å². The Morgan fingerprint density at radius 3 is 2.00 bits per heavy atom. The molecule has 0 radical (unpaired) electrons. The second-order valence-corrected chi connectivity index (χ2v) is 15.8. The number of sulfonamides is 1. The van der Waals surface area contributed by atoms with Crippen LogP contribution in [0, 0.1) is 0 Å². The Hall–Kier alpha value is -3.45. The average Bonchev–Trinajstić information content (AvgIpc) is 3.31. The number of nitrogens with zero attached hydrogens (tertiary/aromatic N) is 2. The number of thiazole rings is 1. The molecule has 1 aromatic heterocycles. The quantitative estimate of drug-likeness (QED) is 0.173. The summed E-state index contributed by atoms with van der Waals surface area (Å²) in [4.78, 5) is 19.6. The van der Waals surface area contributed by atoms with Gasteiger partial charge in [0.25, 0.3) is 0 Å². The Morgan fingerprint density at radius 1 is 0.884 bits per heavy atom. The monoisotopic (exact) mass is 660 g/mol. The molecule has 3 aromatic carbocycles. The number of aromatic nitrogens is 1. The van der Waals surface area contributed by atoms with Gasteiger partial charge < -0.3 is 4.90 Å². The van der Waals surface area contributed by atoms with Crippen molar-refractivity contribution in [2.24, 2.45) is 0 Å². The smallest absolute Gasteiger partial charge is 0.323 e. The predicted molar refractivity (Wildman–Crippen MR) is 175 cm³/mol. The summed E-state index contributed by atoms with van der Waals surface area (Å²) in [5, 5.41) is 3.13. The third kappa shape index (κ3) is 10.1. The highest BCUT2D eigenvalue weighted by atomic mass is 35.5. The Kier molecular flexibility index (Phi) is 10.8. The average molecular weight is 661 g/mol. The largest absolute Gasteiger partial charge is 0.324 e. The van der Waals surface area contributed by atoms with Crippen LogP contribution in [0.15, 0.2) is 84.9 Å². The van der Waals surface area contributed by atoms with E-state index in [1.807, 2.05) is 36.4 Å². The first-order valence-corrected chi connectivity index (χ1v) is 18.6. The lowest BCUT2D eigenvalue weighted by Crippen LogP contribution is -2.37. The van der Waals surface area contributed by atoms with Gasteiger partial charge in [0.15, 0.2) is 5.13 Å². The predicted octanol–water partition coefficient (Wildman–Crippen LogP) is 6.33. The number of carbonyl (C=O) groups is 1. The molecule has 0 fully saturated rings. The topological polar surface area (TPSA) is 126 Å². The molecule has 0 saturated heterocycles. The van der Waals surface area contributed by atoms with E-state index in [0.29, 0.717) is 45.8 Å². The van der Waals surface area contributed by atoms with E-state index >= 15 is 0 Å². The molecule has 43 heavy (non-hydrogen) atoms. The summed E-state index contributed by atoms with van der Waals surface area (Å²) in [7, 11) is -6.60. The van der Waals surface area contributed by atoms with Crippen molar-refractivity contribution in [2.75, 3.05) is 41.4 Å². The summed E-state index contributed by atoms with van der Waals surface area (Å²) in [6, 6.07) is 26.3. The van der Waals surface area contributed by atoms with Crippen molar-refractivity contribution in [1.82, 2.24) is 9.88 Å². The van der Waals surface area contributed by atoms with E-state index in [1.165, 1.54) is 6.26 Å². The molecule has 4 rings (SSSR count). The molecule has 2 N–H and O–H groups in total. The first-order chi connectivity index (χ1) is 20.4. The highest BCUT2D eigenvalue weighted by Crippen LogP contribution is 2.36. The molecule has 0 saturated carbocycles. The summed E-state index contributed by atoms with van der Waals surface area (Å²) in [6.45, 7) is 0.626. The van der Waals surface area contributed by atoms with Gasteiger partial charge in [0.1, 0.15) is 19.9 Å². The number of halogens is 1. The van der Waals surface area contributed by atoms with Crippen LogP contribution in [0.3, 0.4) is 0 Å². The normalized spacial score (nSPS) is 11.8. The zero-order chi connectivity index (χ0) is 31.0. The molecule has 1 heterocycles. The lowest BCUT2D eigenvalue weighted by Gasteiger charge is -2.26. The first-order valence-electron chi connectivity index (χ1n) is 13.5. The van der Waals surface area contributed by atoms with Crippen LogP contribution in [-0.4, -0.2) is 64.1 Å². The van der Waals surface area contributed by atoms with Crippen molar-refractivity contribution >= 4 is 59.6 Å². The van der Waals surface area contributed by atoms with Gasteiger partial charge in [-0.1, -0.05) is 95.7 Å². The standard InChI is InChI=1S/C30H33ClN4O5S3/c1-42(37,38)21-9-19-35(20-18-26(22-10-5-3-6-11-22)23-12-7-4-8-13-23)30(36)33-29-32-27(28(31)41-29)24-14-16-25(17-15-24)34-43(2,39)40/h3-8,10-17,26,34H,9,18-21H2,1-2H3,(H,32,33,36). The van der Waals surface area contributed by atoms with E-state index in [9.17, 15) is 21.6 Å². The van der Waals surface area contributed by atoms with Gasteiger partial charge in [-0.3, -0.25) is 10.0 Å². The number of hydrogen-bond donors (Lipinski definition) is 2. The molecule has 0 bridgehead atoms. The number of hydrogen-bond acceptors (Lipinski definition) is 7. The molecular weight excluding hydrogens is 628 g/mol. The number of amides is 2. The Labute approximate surface area is 261 Å². The number of carbonyl (C=O) groups excluding carboxylic acids is 1. The molecule has 2 amide bonds. The van der Waals surface area contributed by atoms with Crippen molar-refractivity contribution in [2.45, 2.75) is 18.8 Å². The maximum Gasteiger partial charge on any atom is 0.323 e. The van der Waals surface area contributed by atoms with E-state index in [4.69, 9.17) is 11.6 Å². The number of rotatable bonds is 13. The maximum atomic E-state index is 13.5. The highest BCUT2D eigenvalue weighted by molar-refractivity contribution is 7.92. The van der Waals surface area contributed by atoms with E-state index in [1.54, 1.807) is 29.2 Å². The lowest BCUT2D eigenvalue weighted by atomic mass is 9.88. The second kappa shape index (κ2) is 14.3. The summed E-state index contributed by atoms with van der Waals surface area (Å²) in [5.41, 5.74) is 3.75. The van der Waals surface area contributed by atoms with Crippen molar-refractivity contribution in [3.05, 3.63) is 100 Å². The minimum Gasteiger partial charge on any atom is -0.324 e. The van der Waals surface area contributed by atoms with Crippen LogP contribution in [0.4, 0.5) is 15.6 Å². The molecule has 0 atom stereocenters. The fourth-order valence-corrected chi connectivity index (χ4v) is 6.92. The van der Waals surface area contributed by atoms with Gasteiger partial charge in [-0.15, -0.1) is 0 Å². The van der Waals surface area contributed by atoms with Crippen LogP contribution in [0.25, 0.3) is 11.3 Å². The van der Waals surface area contributed by atoms with E-state index < -0.39 is 25.9 Å². The van der Waals surface area contributed by atoms with Crippen molar-refractivity contribution < 1.29 is 21.6 Å². The van der Waals surface area contributed by atoms with Gasteiger partial charge in [0, 0.05) is 36.5 Å². The minimum atomic E-state index is -3.41. The van der Waals surface area contributed by atoms with Gasteiger partial charge >= 0.3 is 6.03 Å². The van der Waals surface area contributed by atoms with Crippen LogP contribution in [0.1, 0.15) is 29.9 Å². The third-order valence-corrected chi connectivity index (χ3v) is 9.39. The van der Waals surface area contributed by atoms with Crippen LogP contribution in [-0.2, 0) is 19.9 Å². The molecule has 0 aliphatic carbocycles. The van der Waals surface area contributed by atoms with Gasteiger partial charge in [-0.2, -0.15) is 0 Å². The molecule has 0 spiro atoms. The summed E-state index contributed by atoms with van der Waals surface area (Å²) in [6.07, 6.45) is 3.17. The van der Waals surface area contributed by atoms with Crippen LogP contribution < -0.4 is 10.0 Å². The molecule has 228 valence electrons. The number of nitrogens with one attached hydrogen (secondary N) is 2. The number of benzene rings is 3. The van der Waals surface area contributed by atoms with Crippen LogP contribution in [0.2, 0.25) is 4.34 Å². The Balaban J connectivity index is 1.51. The van der Waals surface area contributed by atoms with E-state index in [0.717, 1.165) is 28.7 Å². The van der Waals surface area contributed by atoms with Gasteiger partial charge in [-0.05, 0) is 36.1 Å². The number of anilines is 2. The zero-order valence-corrected chi connectivity index (χ0v) is 26.9. The summed E-state index contributed by atoms with van der Waals surface area (Å²) >= 11 is 7.58. The van der Waals surface area contributed by atoms with Crippen LogP contribution in [0.5, 0.6) is 0 Å². The number of sulfone groups is 1. The van der Waals surface area contributed by atoms with Gasteiger partial charge in [-0.25, -0.2) is 26.6 Å². The zero-order valence-electron chi connectivity index (χ0n) is 23.7. The fraction of sp³-hybridized carbons (Fsp3) is 0.267. The van der Waals surface area contributed by atoms with E-state index in [-0.39, 0.29) is 18.2 Å². The minimum absolute atomic E-state index is 0.0327. The first kappa shape index (κ1) is 32.5. The summed E-state index contributed by atoms with van der Waals surface area (Å²) in [5.74, 6) is 0.00306. The molecule has 0 aliphatic rings. The number of urea groups is 1. The van der Waals surface area contributed by atoms with E-state index in [2.05, 4.69) is 39.3 Å². The van der Waals surface area contributed by atoms with Gasteiger partial charge in [0.2, 0.25) is 10.0 Å².